The second-order valence-electron chi connectivity index (χ2n) is 4.21. The molecule has 3 nitrogen and oxygen atoms in total. The van der Waals surface area contributed by atoms with Crippen molar-refractivity contribution in [2.75, 3.05) is 13.2 Å². The maximum Gasteiger partial charge on any atom is 0.124 e. The highest BCUT2D eigenvalue weighted by Crippen LogP contribution is 2.26. The van der Waals surface area contributed by atoms with Crippen LogP contribution >= 0.6 is 0 Å². The number of rotatable bonds is 1. The number of ether oxygens (including phenoxy) is 1. The molecule has 1 aliphatic rings. The van der Waals surface area contributed by atoms with Crippen LogP contribution in [0.4, 0.5) is 4.39 Å². The van der Waals surface area contributed by atoms with Crippen molar-refractivity contribution in [2.24, 2.45) is 0 Å². The molecule has 2 heterocycles. The molecule has 0 spiro atoms. The van der Waals surface area contributed by atoms with Gasteiger partial charge in [-0.05, 0) is 31.5 Å². The van der Waals surface area contributed by atoms with E-state index in [0.717, 1.165) is 29.6 Å². The van der Waals surface area contributed by atoms with Crippen LogP contribution in [0.2, 0.25) is 0 Å². The van der Waals surface area contributed by atoms with Crippen molar-refractivity contribution in [3.8, 4) is 0 Å². The average Bonchev–Trinajstić information content (AvgIpc) is 2.87. The molecule has 1 fully saturated rings. The highest BCUT2D eigenvalue weighted by molar-refractivity contribution is 5.81. The molecule has 1 aromatic carbocycles. The molecule has 0 amide bonds. The molecule has 1 aromatic heterocycles. The summed E-state index contributed by atoms with van der Waals surface area (Å²) in [6.07, 6.45) is 0.980. The zero-order chi connectivity index (χ0) is 11.1. The molecule has 1 saturated heterocycles. The van der Waals surface area contributed by atoms with Gasteiger partial charge in [0.25, 0.3) is 0 Å². The zero-order valence-electron chi connectivity index (χ0n) is 9.11. The summed E-state index contributed by atoms with van der Waals surface area (Å²) in [4.78, 5) is 0. The van der Waals surface area contributed by atoms with Gasteiger partial charge in [0.1, 0.15) is 5.82 Å². The minimum atomic E-state index is -0.210. The summed E-state index contributed by atoms with van der Waals surface area (Å²) in [6, 6.07) is 5.12. The van der Waals surface area contributed by atoms with Crippen LogP contribution in [0.5, 0.6) is 0 Å². The van der Waals surface area contributed by atoms with Crippen LogP contribution < -0.4 is 0 Å². The van der Waals surface area contributed by atoms with Gasteiger partial charge >= 0.3 is 0 Å². The van der Waals surface area contributed by atoms with Gasteiger partial charge in [-0.2, -0.15) is 5.10 Å². The first-order valence-electron chi connectivity index (χ1n) is 5.48. The summed E-state index contributed by atoms with van der Waals surface area (Å²) >= 11 is 0. The molecule has 84 valence electrons. The quantitative estimate of drug-likeness (QED) is 0.738. The van der Waals surface area contributed by atoms with Crippen LogP contribution in [0.1, 0.15) is 18.2 Å². The van der Waals surface area contributed by atoms with Crippen molar-refractivity contribution in [2.45, 2.75) is 19.4 Å². The van der Waals surface area contributed by atoms with Gasteiger partial charge in [0.15, 0.2) is 0 Å². The van der Waals surface area contributed by atoms with Gasteiger partial charge in [-0.1, -0.05) is 0 Å². The van der Waals surface area contributed by atoms with Crippen molar-refractivity contribution in [3.63, 3.8) is 0 Å². The van der Waals surface area contributed by atoms with E-state index in [-0.39, 0.29) is 5.82 Å². The molecule has 0 aliphatic carbocycles. The van der Waals surface area contributed by atoms with E-state index in [2.05, 4.69) is 5.10 Å². The molecule has 1 atom stereocenters. The van der Waals surface area contributed by atoms with Crippen LogP contribution in [0.15, 0.2) is 18.2 Å². The summed E-state index contributed by atoms with van der Waals surface area (Å²) in [5, 5.41) is 5.38. The molecule has 1 unspecified atom stereocenters. The molecule has 0 saturated carbocycles. The molecule has 0 bridgehead atoms. The van der Waals surface area contributed by atoms with Crippen LogP contribution in [-0.2, 0) is 4.74 Å². The number of benzene rings is 1. The maximum absolute atomic E-state index is 13.1. The Hall–Kier alpha value is -1.42. The van der Waals surface area contributed by atoms with E-state index < -0.39 is 0 Å². The van der Waals surface area contributed by atoms with Crippen LogP contribution in [-0.4, -0.2) is 23.0 Å². The predicted molar refractivity (Wildman–Crippen MR) is 58.9 cm³/mol. The van der Waals surface area contributed by atoms with E-state index in [9.17, 15) is 4.39 Å². The Morgan fingerprint density at radius 3 is 3.12 bits per heavy atom. The summed E-state index contributed by atoms with van der Waals surface area (Å²) in [7, 11) is 0. The van der Waals surface area contributed by atoms with E-state index in [4.69, 9.17) is 4.74 Å². The Bertz CT molecular complexity index is 529. The van der Waals surface area contributed by atoms with Gasteiger partial charge in [-0.15, -0.1) is 0 Å². The largest absolute Gasteiger partial charge is 0.379 e. The maximum atomic E-state index is 13.1. The lowest BCUT2D eigenvalue weighted by Crippen LogP contribution is -2.10. The molecular weight excluding hydrogens is 207 g/mol. The third-order valence-electron chi connectivity index (χ3n) is 3.10. The van der Waals surface area contributed by atoms with Crippen LogP contribution in [0.25, 0.3) is 10.9 Å². The minimum absolute atomic E-state index is 0.210. The van der Waals surface area contributed by atoms with Crippen molar-refractivity contribution in [3.05, 3.63) is 29.7 Å². The van der Waals surface area contributed by atoms with Gasteiger partial charge in [-0.25, -0.2) is 4.39 Å². The van der Waals surface area contributed by atoms with E-state index in [0.29, 0.717) is 12.6 Å². The zero-order valence-corrected chi connectivity index (χ0v) is 9.11. The van der Waals surface area contributed by atoms with E-state index in [1.54, 1.807) is 12.1 Å². The number of aryl methyl sites for hydroxylation is 1. The second-order valence-corrected chi connectivity index (χ2v) is 4.21. The summed E-state index contributed by atoms with van der Waals surface area (Å²) in [6.45, 7) is 3.40. The first-order chi connectivity index (χ1) is 7.75. The fourth-order valence-corrected chi connectivity index (χ4v) is 2.26. The number of aromatic nitrogens is 2. The number of halogens is 1. The van der Waals surface area contributed by atoms with E-state index >= 15 is 0 Å². The van der Waals surface area contributed by atoms with Gasteiger partial charge in [0.2, 0.25) is 0 Å². The second kappa shape index (κ2) is 3.56. The van der Waals surface area contributed by atoms with Gasteiger partial charge in [0, 0.05) is 12.0 Å². The third-order valence-corrected chi connectivity index (χ3v) is 3.10. The molecule has 0 radical (unpaired) electrons. The number of hydrogen-bond acceptors (Lipinski definition) is 2. The smallest absolute Gasteiger partial charge is 0.124 e. The predicted octanol–water partition coefficient (Wildman–Crippen LogP) is 2.45. The van der Waals surface area contributed by atoms with Crippen molar-refractivity contribution < 1.29 is 9.13 Å². The van der Waals surface area contributed by atoms with Crippen molar-refractivity contribution in [1.82, 2.24) is 9.78 Å². The highest BCUT2D eigenvalue weighted by atomic mass is 19.1. The van der Waals surface area contributed by atoms with Crippen molar-refractivity contribution in [1.29, 1.82) is 0 Å². The van der Waals surface area contributed by atoms with Crippen molar-refractivity contribution >= 4 is 10.9 Å². The molecule has 0 N–H and O–H groups in total. The Morgan fingerprint density at radius 2 is 2.38 bits per heavy atom. The molecule has 4 heteroatoms. The lowest BCUT2D eigenvalue weighted by atomic mass is 10.2. The van der Waals surface area contributed by atoms with Gasteiger partial charge in [0.05, 0.1) is 23.9 Å². The summed E-state index contributed by atoms with van der Waals surface area (Å²) < 4.78 is 20.5. The Labute approximate surface area is 92.8 Å². The first kappa shape index (κ1) is 9.78. The molecular formula is C12H13FN2O. The van der Waals surface area contributed by atoms with Gasteiger partial charge < -0.3 is 4.74 Å². The standard InChI is InChI=1S/C12H13FN2O/c1-8-11-6-9(13)2-3-12(11)15(14-8)10-4-5-16-7-10/h2-3,6,10H,4-5,7H2,1H3. The Balaban J connectivity index is 2.18. The fraction of sp³-hybridized carbons (Fsp3) is 0.417. The molecule has 1 aliphatic heterocycles. The molecule has 3 rings (SSSR count). The lowest BCUT2D eigenvalue weighted by Gasteiger charge is -2.09. The number of fused-ring (bicyclic) bond motifs is 1. The SMILES string of the molecule is Cc1nn(C2CCOC2)c2ccc(F)cc12. The van der Waals surface area contributed by atoms with Gasteiger partial charge in [-0.3, -0.25) is 4.68 Å². The van der Waals surface area contributed by atoms with Crippen LogP contribution in [0.3, 0.4) is 0 Å². The number of hydrogen-bond donors (Lipinski definition) is 0. The Kier molecular flexibility index (Phi) is 2.17. The fourth-order valence-electron chi connectivity index (χ4n) is 2.26. The summed E-state index contributed by atoms with van der Waals surface area (Å²) in [5.74, 6) is -0.210. The average molecular weight is 220 g/mol. The Morgan fingerprint density at radius 1 is 1.50 bits per heavy atom. The van der Waals surface area contributed by atoms with E-state index in [1.165, 1.54) is 6.07 Å². The summed E-state index contributed by atoms with van der Waals surface area (Å²) in [5.41, 5.74) is 1.87. The topological polar surface area (TPSA) is 27.1 Å². The first-order valence-corrected chi connectivity index (χ1v) is 5.48. The molecule has 2 aromatic rings. The normalized spacial score (nSPS) is 20.8. The third kappa shape index (κ3) is 1.41. The lowest BCUT2D eigenvalue weighted by molar-refractivity contribution is 0.185. The molecule has 16 heavy (non-hydrogen) atoms. The van der Waals surface area contributed by atoms with E-state index in [1.807, 2.05) is 11.6 Å². The monoisotopic (exact) mass is 220 g/mol. The highest BCUT2D eigenvalue weighted by Gasteiger charge is 2.21. The minimum Gasteiger partial charge on any atom is -0.379 e. The number of nitrogens with zero attached hydrogens (tertiary/aromatic N) is 2. The van der Waals surface area contributed by atoms with Crippen LogP contribution in [0, 0.1) is 12.7 Å².